The van der Waals surface area contributed by atoms with Crippen LogP contribution >= 0.6 is 23.2 Å². The first-order chi connectivity index (χ1) is 13.1. The van der Waals surface area contributed by atoms with Crippen LogP contribution in [0, 0.1) is 0 Å². The highest BCUT2D eigenvalue weighted by Crippen LogP contribution is 2.30. The third-order valence-electron chi connectivity index (χ3n) is 5.02. The Kier molecular flexibility index (Phi) is 5.15. The molecule has 3 nitrogen and oxygen atoms in total. The summed E-state index contributed by atoms with van der Waals surface area (Å²) in [5.41, 5.74) is 3.87. The lowest BCUT2D eigenvalue weighted by Gasteiger charge is -2.17. The Morgan fingerprint density at radius 3 is 2.48 bits per heavy atom. The zero-order valence-electron chi connectivity index (χ0n) is 14.6. The first-order valence-corrected chi connectivity index (χ1v) is 9.62. The number of likely N-dealkylation sites (tertiary alicyclic amines) is 1. The number of halogens is 2. The van der Waals surface area contributed by atoms with Gasteiger partial charge in [0.1, 0.15) is 0 Å². The number of benzene rings is 2. The van der Waals surface area contributed by atoms with Gasteiger partial charge < -0.3 is 4.90 Å². The SMILES string of the molecule is O=C(c1ccc(-c2ccc(Cl)c(Cl)c2)cc1)N1CCC(c2cccnc2)C1. The van der Waals surface area contributed by atoms with Gasteiger partial charge in [-0.2, -0.15) is 0 Å². The minimum absolute atomic E-state index is 0.0714. The summed E-state index contributed by atoms with van der Waals surface area (Å²) < 4.78 is 0. The molecule has 1 aliphatic rings. The van der Waals surface area contributed by atoms with Crippen LogP contribution in [0.4, 0.5) is 0 Å². The number of carbonyl (C=O) groups excluding carboxylic acids is 1. The lowest BCUT2D eigenvalue weighted by atomic mass is 10.0. The number of amides is 1. The van der Waals surface area contributed by atoms with Crippen molar-refractivity contribution in [2.75, 3.05) is 13.1 Å². The van der Waals surface area contributed by atoms with E-state index < -0.39 is 0 Å². The molecule has 1 unspecified atom stereocenters. The molecule has 1 aliphatic heterocycles. The van der Waals surface area contributed by atoms with E-state index in [1.54, 1.807) is 12.3 Å². The molecule has 1 amide bonds. The molecule has 1 aromatic heterocycles. The van der Waals surface area contributed by atoms with Gasteiger partial charge in [-0.1, -0.05) is 47.5 Å². The van der Waals surface area contributed by atoms with Gasteiger partial charge in [0.2, 0.25) is 0 Å². The van der Waals surface area contributed by atoms with E-state index in [4.69, 9.17) is 23.2 Å². The Bertz CT molecular complexity index is 958. The fourth-order valence-corrected chi connectivity index (χ4v) is 3.80. The molecular weight excluding hydrogens is 379 g/mol. The summed E-state index contributed by atoms with van der Waals surface area (Å²) in [4.78, 5) is 19.0. The van der Waals surface area contributed by atoms with Gasteiger partial charge in [0, 0.05) is 37.0 Å². The fourth-order valence-electron chi connectivity index (χ4n) is 3.50. The van der Waals surface area contributed by atoms with E-state index >= 15 is 0 Å². The maximum absolute atomic E-state index is 12.8. The summed E-state index contributed by atoms with van der Waals surface area (Å²) in [7, 11) is 0. The van der Waals surface area contributed by atoms with Gasteiger partial charge in [0.15, 0.2) is 0 Å². The molecule has 0 aliphatic carbocycles. The number of rotatable bonds is 3. The van der Waals surface area contributed by atoms with Crippen molar-refractivity contribution in [3.8, 4) is 11.1 Å². The summed E-state index contributed by atoms with van der Waals surface area (Å²) in [5, 5.41) is 1.05. The van der Waals surface area contributed by atoms with Gasteiger partial charge in [0.05, 0.1) is 10.0 Å². The Morgan fingerprint density at radius 2 is 1.78 bits per heavy atom. The first kappa shape index (κ1) is 18.0. The molecule has 0 radical (unpaired) electrons. The molecule has 2 heterocycles. The Hall–Kier alpha value is -2.36. The van der Waals surface area contributed by atoms with Gasteiger partial charge in [-0.15, -0.1) is 0 Å². The first-order valence-electron chi connectivity index (χ1n) is 8.86. The normalized spacial score (nSPS) is 16.5. The van der Waals surface area contributed by atoms with Gasteiger partial charge in [0.25, 0.3) is 5.91 Å². The third kappa shape index (κ3) is 3.85. The van der Waals surface area contributed by atoms with Crippen LogP contribution in [0.2, 0.25) is 10.0 Å². The van der Waals surface area contributed by atoms with Crippen molar-refractivity contribution in [2.45, 2.75) is 12.3 Å². The quantitative estimate of drug-likeness (QED) is 0.569. The van der Waals surface area contributed by atoms with Crippen molar-refractivity contribution in [3.05, 3.63) is 88.2 Å². The predicted molar refractivity (Wildman–Crippen MR) is 109 cm³/mol. The number of pyridine rings is 1. The molecule has 3 aromatic rings. The largest absolute Gasteiger partial charge is 0.338 e. The van der Waals surface area contributed by atoms with Crippen molar-refractivity contribution in [1.29, 1.82) is 0 Å². The van der Waals surface area contributed by atoms with E-state index in [-0.39, 0.29) is 5.91 Å². The van der Waals surface area contributed by atoms with Crippen LogP contribution in [0.3, 0.4) is 0 Å². The highest BCUT2D eigenvalue weighted by Gasteiger charge is 2.28. The van der Waals surface area contributed by atoms with Crippen LogP contribution in [0.15, 0.2) is 67.0 Å². The minimum Gasteiger partial charge on any atom is -0.338 e. The summed E-state index contributed by atoms with van der Waals surface area (Å²) in [6, 6.07) is 17.2. The number of aromatic nitrogens is 1. The zero-order chi connectivity index (χ0) is 18.8. The van der Waals surface area contributed by atoms with Crippen molar-refractivity contribution < 1.29 is 4.79 Å². The molecule has 0 saturated carbocycles. The van der Waals surface area contributed by atoms with E-state index in [1.165, 1.54) is 5.56 Å². The number of nitrogens with zero attached hydrogens (tertiary/aromatic N) is 2. The second kappa shape index (κ2) is 7.71. The summed E-state index contributed by atoms with van der Waals surface area (Å²) in [6.45, 7) is 1.51. The second-order valence-corrected chi connectivity index (χ2v) is 7.54. The Labute approximate surface area is 168 Å². The second-order valence-electron chi connectivity index (χ2n) is 6.73. The van der Waals surface area contributed by atoms with Crippen molar-refractivity contribution in [1.82, 2.24) is 9.88 Å². The monoisotopic (exact) mass is 396 g/mol. The summed E-state index contributed by atoms with van der Waals surface area (Å²) in [6.07, 6.45) is 4.64. The van der Waals surface area contributed by atoms with Crippen LogP contribution < -0.4 is 0 Å². The molecule has 0 bridgehead atoms. The fraction of sp³-hybridized carbons (Fsp3) is 0.182. The predicted octanol–water partition coefficient (Wildman–Crippen LogP) is 5.69. The van der Waals surface area contributed by atoms with E-state index in [9.17, 15) is 4.79 Å². The molecule has 2 aromatic carbocycles. The molecule has 136 valence electrons. The summed E-state index contributed by atoms with van der Waals surface area (Å²) >= 11 is 12.1. The molecule has 4 rings (SSSR count). The third-order valence-corrected chi connectivity index (χ3v) is 5.76. The lowest BCUT2D eigenvalue weighted by Crippen LogP contribution is -2.28. The van der Waals surface area contributed by atoms with E-state index in [0.29, 0.717) is 21.5 Å². The smallest absolute Gasteiger partial charge is 0.253 e. The Balaban J connectivity index is 1.47. The average Bonchev–Trinajstić information content (AvgIpc) is 3.21. The van der Waals surface area contributed by atoms with Gasteiger partial charge in [-0.25, -0.2) is 0 Å². The van der Waals surface area contributed by atoms with Gasteiger partial charge >= 0.3 is 0 Å². The molecule has 0 spiro atoms. The summed E-state index contributed by atoms with van der Waals surface area (Å²) in [5.74, 6) is 0.431. The number of hydrogen-bond acceptors (Lipinski definition) is 2. The number of hydrogen-bond donors (Lipinski definition) is 0. The topological polar surface area (TPSA) is 33.2 Å². The average molecular weight is 397 g/mol. The molecule has 0 N–H and O–H groups in total. The molecular formula is C22H18Cl2N2O. The molecule has 1 atom stereocenters. The molecule has 27 heavy (non-hydrogen) atoms. The van der Waals surface area contributed by atoms with Gasteiger partial charge in [-0.05, 0) is 53.4 Å². The van der Waals surface area contributed by atoms with Crippen molar-refractivity contribution in [2.24, 2.45) is 0 Å². The van der Waals surface area contributed by atoms with Crippen LogP contribution in [0.25, 0.3) is 11.1 Å². The van der Waals surface area contributed by atoms with Crippen molar-refractivity contribution >= 4 is 29.1 Å². The van der Waals surface area contributed by atoms with E-state index in [0.717, 1.165) is 30.6 Å². The zero-order valence-corrected chi connectivity index (χ0v) is 16.1. The van der Waals surface area contributed by atoms with Crippen LogP contribution in [-0.2, 0) is 0 Å². The highest BCUT2D eigenvalue weighted by molar-refractivity contribution is 6.42. The maximum atomic E-state index is 12.8. The maximum Gasteiger partial charge on any atom is 0.253 e. The van der Waals surface area contributed by atoms with E-state index in [2.05, 4.69) is 11.1 Å². The minimum atomic E-state index is 0.0714. The number of carbonyl (C=O) groups is 1. The van der Waals surface area contributed by atoms with Crippen LogP contribution in [0.1, 0.15) is 28.3 Å². The molecule has 5 heteroatoms. The van der Waals surface area contributed by atoms with E-state index in [1.807, 2.05) is 53.6 Å². The van der Waals surface area contributed by atoms with Gasteiger partial charge in [-0.3, -0.25) is 9.78 Å². The molecule has 1 fully saturated rings. The highest BCUT2D eigenvalue weighted by atomic mass is 35.5. The van der Waals surface area contributed by atoms with Crippen molar-refractivity contribution in [3.63, 3.8) is 0 Å². The molecule has 1 saturated heterocycles. The lowest BCUT2D eigenvalue weighted by molar-refractivity contribution is 0.0791. The van der Waals surface area contributed by atoms with Crippen LogP contribution in [-0.4, -0.2) is 28.9 Å². The van der Waals surface area contributed by atoms with Crippen LogP contribution in [0.5, 0.6) is 0 Å². The standard InChI is InChI=1S/C22H18Cl2N2O/c23-20-8-7-17(12-21(20)24)15-3-5-16(6-4-15)22(27)26-11-9-19(14-26)18-2-1-10-25-13-18/h1-8,10,12-13,19H,9,11,14H2. The Morgan fingerprint density at radius 1 is 1.00 bits per heavy atom.